The molecule has 0 saturated heterocycles. The molecule has 0 aromatic heterocycles. The van der Waals surface area contributed by atoms with Gasteiger partial charge in [0.15, 0.2) is 0 Å². The van der Waals surface area contributed by atoms with Gasteiger partial charge in [-0.3, -0.25) is 9.79 Å². The Bertz CT molecular complexity index is 621. The Morgan fingerprint density at radius 1 is 1.38 bits per heavy atom. The monoisotopic (exact) mass is 284 g/mol. The van der Waals surface area contributed by atoms with Crippen LogP contribution in [0.1, 0.15) is 28.8 Å². The fourth-order valence-electron chi connectivity index (χ4n) is 3.47. The second-order valence-electron chi connectivity index (χ2n) is 5.71. The number of aliphatic imine (C=N–C) groups is 1. The summed E-state index contributed by atoms with van der Waals surface area (Å²) < 4.78 is 5.24. The highest BCUT2D eigenvalue weighted by Crippen LogP contribution is 2.38. The fraction of sp³-hybridized carbons (Fsp3) is 0.412. The summed E-state index contributed by atoms with van der Waals surface area (Å²) in [6, 6.07) is 5.94. The van der Waals surface area contributed by atoms with Crippen molar-refractivity contribution in [2.75, 3.05) is 20.7 Å². The molecular formula is C17H20N2O2. The molecule has 2 aliphatic heterocycles. The molecule has 0 N–H and O–H groups in total. The average Bonchev–Trinajstić information content (AvgIpc) is 2.53. The third kappa shape index (κ3) is 2.24. The van der Waals surface area contributed by atoms with Crippen molar-refractivity contribution in [2.24, 2.45) is 10.9 Å². The fourth-order valence-corrected chi connectivity index (χ4v) is 3.47. The largest absolute Gasteiger partial charge is 0.497 e. The molecular weight excluding hydrogens is 264 g/mol. The van der Waals surface area contributed by atoms with Gasteiger partial charge in [-0.15, -0.1) is 0 Å². The maximum Gasteiger partial charge on any atom is 0.254 e. The van der Waals surface area contributed by atoms with Gasteiger partial charge in [-0.2, -0.15) is 0 Å². The normalized spacial score (nSPS) is 27.7. The molecule has 0 bridgehead atoms. The molecule has 0 aliphatic carbocycles. The summed E-state index contributed by atoms with van der Waals surface area (Å²) in [7, 11) is 3.51. The van der Waals surface area contributed by atoms with Gasteiger partial charge in [0, 0.05) is 43.2 Å². The predicted octanol–water partition coefficient (Wildman–Crippen LogP) is 2.51. The van der Waals surface area contributed by atoms with Crippen molar-refractivity contribution in [3.8, 4) is 5.75 Å². The lowest BCUT2D eigenvalue weighted by Crippen LogP contribution is -2.49. The highest BCUT2D eigenvalue weighted by molar-refractivity contribution is 5.97. The van der Waals surface area contributed by atoms with Gasteiger partial charge in [-0.25, -0.2) is 0 Å². The Hall–Kier alpha value is -2.10. The van der Waals surface area contributed by atoms with Crippen LogP contribution >= 0.6 is 0 Å². The number of nitrogens with zero attached hydrogens (tertiary/aromatic N) is 2. The van der Waals surface area contributed by atoms with Crippen LogP contribution in [-0.4, -0.2) is 43.8 Å². The van der Waals surface area contributed by atoms with Gasteiger partial charge in [-0.05, 0) is 23.8 Å². The van der Waals surface area contributed by atoms with E-state index in [0.717, 1.165) is 23.4 Å². The zero-order valence-electron chi connectivity index (χ0n) is 12.6. The standard InChI is InChI=1S/C17H20N2O2/c1-11-14-7-6-13(21-3)9-15(14)17(20)19(2)16(11)12-5-4-8-18-10-12/h4-9,11-12,16H,10H2,1-3H3. The number of carbonyl (C=O) groups excluding carboxylic acids is 1. The molecule has 21 heavy (non-hydrogen) atoms. The first kappa shape index (κ1) is 13.9. The maximum atomic E-state index is 12.7. The number of likely N-dealkylation sites (N-methyl/N-ethyl adjacent to an activating group) is 1. The third-order valence-electron chi connectivity index (χ3n) is 4.57. The predicted molar refractivity (Wildman–Crippen MR) is 83.3 cm³/mol. The van der Waals surface area contributed by atoms with Crippen molar-refractivity contribution < 1.29 is 9.53 Å². The summed E-state index contributed by atoms with van der Waals surface area (Å²) in [5.41, 5.74) is 1.86. The molecule has 0 fully saturated rings. The quantitative estimate of drug-likeness (QED) is 0.837. The topological polar surface area (TPSA) is 41.9 Å². The van der Waals surface area contributed by atoms with Crippen LogP contribution in [0.2, 0.25) is 0 Å². The molecule has 3 atom stereocenters. The van der Waals surface area contributed by atoms with E-state index in [0.29, 0.717) is 0 Å². The first-order valence-corrected chi connectivity index (χ1v) is 7.25. The van der Waals surface area contributed by atoms with Gasteiger partial charge in [0.05, 0.1) is 7.11 Å². The number of benzene rings is 1. The molecule has 4 heteroatoms. The Morgan fingerprint density at radius 2 is 2.19 bits per heavy atom. The van der Waals surface area contributed by atoms with E-state index in [2.05, 4.69) is 18.0 Å². The lowest BCUT2D eigenvalue weighted by atomic mass is 9.78. The van der Waals surface area contributed by atoms with Crippen LogP contribution in [0.25, 0.3) is 0 Å². The Labute approximate surface area is 125 Å². The highest BCUT2D eigenvalue weighted by Gasteiger charge is 2.39. The zero-order valence-corrected chi connectivity index (χ0v) is 12.6. The first-order valence-electron chi connectivity index (χ1n) is 7.25. The minimum Gasteiger partial charge on any atom is -0.497 e. The van der Waals surface area contributed by atoms with Crippen LogP contribution in [0.15, 0.2) is 35.3 Å². The van der Waals surface area contributed by atoms with Crippen molar-refractivity contribution in [2.45, 2.75) is 18.9 Å². The molecule has 0 radical (unpaired) electrons. The van der Waals surface area contributed by atoms with E-state index in [4.69, 9.17) is 4.74 Å². The van der Waals surface area contributed by atoms with E-state index >= 15 is 0 Å². The number of rotatable bonds is 2. The first-order chi connectivity index (χ1) is 10.1. The van der Waals surface area contributed by atoms with Crippen LogP contribution in [0, 0.1) is 5.92 Å². The number of fused-ring (bicyclic) bond motifs is 1. The molecule has 3 rings (SSSR count). The molecule has 0 saturated carbocycles. The summed E-state index contributed by atoms with van der Waals surface area (Å²) in [6.45, 7) is 2.93. The van der Waals surface area contributed by atoms with Crippen molar-refractivity contribution in [1.29, 1.82) is 0 Å². The van der Waals surface area contributed by atoms with E-state index < -0.39 is 0 Å². The van der Waals surface area contributed by atoms with Crippen LogP contribution in [0.3, 0.4) is 0 Å². The Balaban J connectivity index is 2.01. The number of methoxy groups -OCH3 is 1. The Kier molecular flexibility index (Phi) is 3.53. The lowest BCUT2D eigenvalue weighted by molar-refractivity contribution is 0.0634. The molecule has 1 amide bonds. The summed E-state index contributed by atoms with van der Waals surface area (Å²) in [6.07, 6.45) is 5.96. The molecule has 2 heterocycles. The van der Waals surface area contributed by atoms with Gasteiger partial charge in [0.1, 0.15) is 5.75 Å². The molecule has 1 aromatic rings. The van der Waals surface area contributed by atoms with Crippen molar-refractivity contribution >= 4 is 12.1 Å². The number of dihydropyridines is 1. The van der Waals surface area contributed by atoms with E-state index in [-0.39, 0.29) is 23.8 Å². The van der Waals surface area contributed by atoms with Crippen molar-refractivity contribution in [3.05, 3.63) is 41.5 Å². The molecule has 3 unspecified atom stereocenters. The van der Waals surface area contributed by atoms with Gasteiger partial charge in [-0.1, -0.05) is 19.1 Å². The number of hydrogen-bond acceptors (Lipinski definition) is 3. The minimum atomic E-state index is 0.0648. The SMILES string of the molecule is COc1ccc2c(c1)C(=O)N(C)C(C1C=CC=NC1)C2C. The lowest BCUT2D eigenvalue weighted by Gasteiger charge is -2.42. The van der Waals surface area contributed by atoms with E-state index in [1.807, 2.05) is 42.4 Å². The summed E-state index contributed by atoms with van der Waals surface area (Å²) in [5.74, 6) is 1.34. The number of amides is 1. The molecule has 0 spiro atoms. The zero-order chi connectivity index (χ0) is 15.0. The van der Waals surface area contributed by atoms with Crippen molar-refractivity contribution in [1.82, 2.24) is 4.90 Å². The highest BCUT2D eigenvalue weighted by atomic mass is 16.5. The van der Waals surface area contributed by atoms with Gasteiger partial charge >= 0.3 is 0 Å². The molecule has 4 nitrogen and oxygen atoms in total. The number of hydrogen-bond donors (Lipinski definition) is 0. The third-order valence-corrected chi connectivity index (χ3v) is 4.57. The number of allylic oxidation sites excluding steroid dienone is 1. The van der Waals surface area contributed by atoms with Gasteiger partial charge in [0.2, 0.25) is 0 Å². The van der Waals surface area contributed by atoms with E-state index in [9.17, 15) is 4.79 Å². The second-order valence-corrected chi connectivity index (χ2v) is 5.71. The van der Waals surface area contributed by atoms with Crippen LogP contribution in [0.5, 0.6) is 5.75 Å². The van der Waals surface area contributed by atoms with Crippen LogP contribution in [-0.2, 0) is 0 Å². The second kappa shape index (κ2) is 5.35. The van der Waals surface area contributed by atoms with Crippen molar-refractivity contribution in [3.63, 3.8) is 0 Å². The minimum absolute atomic E-state index is 0.0648. The number of carbonyl (C=O) groups is 1. The molecule has 1 aromatic carbocycles. The Morgan fingerprint density at radius 3 is 2.86 bits per heavy atom. The number of ether oxygens (including phenoxy) is 1. The van der Waals surface area contributed by atoms with Crippen LogP contribution in [0.4, 0.5) is 0 Å². The summed E-state index contributed by atoms with van der Waals surface area (Å²) in [5, 5.41) is 0. The summed E-state index contributed by atoms with van der Waals surface area (Å²) >= 11 is 0. The van der Waals surface area contributed by atoms with Gasteiger partial charge < -0.3 is 9.64 Å². The average molecular weight is 284 g/mol. The smallest absolute Gasteiger partial charge is 0.254 e. The van der Waals surface area contributed by atoms with E-state index in [1.54, 1.807) is 7.11 Å². The summed E-state index contributed by atoms with van der Waals surface area (Å²) in [4.78, 5) is 18.9. The maximum absolute atomic E-state index is 12.7. The molecule has 2 aliphatic rings. The van der Waals surface area contributed by atoms with E-state index in [1.165, 1.54) is 0 Å². The molecule has 110 valence electrons. The van der Waals surface area contributed by atoms with Crippen LogP contribution < -0.4 is 4.74 Å². The van der Waals surface area contributed by atoms with Gasteiger partial charge in [0.25, 0.3) is 5.91 Å².